The van der Waals surface area contributed by atoms with Crippen molar-refractivity contribution in [3.8, 4) is 5.75 Å². The lowest BCUT2D eigenvalue weighted by Crippen LogP contribution is -2.40. The summed E-state index contributed by atoms with van der Waals surface area (Å²) in [5.41, 5.74) is 1.20. The minimum Gasteiger partial charge on any atom is -0.492 e. The van der Waals surface area contributed by atoms with Gasteiger partial charge in [-0.15, -0.1) is 0 Å². The van der Waals surface area contributed by atoms with Gasteiger partial charge in [-0.3, -0.25) is 4.90 Å². The van der Waals surface area contributed by atoms with Gasteiger partial charge >= 0.3 is 0 Å². The Morgan fingerprint density at radius 1 is 1.11 bits per heavy atom. The van der Waals surface area contributed by atoms with E-state index in [-0.39, 0.29) is 11.0 Å². The molecule has 1 heterocycles. The number of hydrogen-bond acceptors (Lipinski definition) is 5. The van der Waals surface area contributed by atoms with Gasteiger partial charge in [-0.2, -0.15) is 0 Å². The van der Waals surface area contributed by atoms with Gasteiger partial charge in [0.25, 0.3) is 0 Å². The predicted molar refractivity (Wildman–Crippen MR) is 104 cm³/mol. The van der Waals surface area contributed by atoms with Crippen molar-refractivity contribution in [1.82, 2.24) is 9.21 Å². The zero-order valence-electron chi connectivity index (χ0n) is 15.7. The highest BCUT2D eigenvalue weighted by atomic mass is 32.2. The first-order valence-electron chi connectivity index (χ1n) is 9.01. The molecular weight excluding hydrogens is 364 g/mol. The molecular formula is C20H26N2O4S. The fraction of sp³-hybridized carbons (Fsp3) is 0.400. The van der Waals surface area contributed by atoms with Gasteiger partial charge in [0.2, 0.25) is 10.0 Å². The number of hydrogen-bond donors (Lipinski definition) is 0. The van der Waals surface area contributed by atoms with E-state index in [1.807, 2.05) is 18.2 Å². The van der Waals surface area contributed by atoms with Gasteiger partial charge in [0, 0.05) is 33.7 Å². The van der Waals surface area contributed by atoms with E-state index in [9.17, 15) is 8.42 Å². The van der Waals surface area contributed by atoms with Crippen LogP contribution in [0, 0.1) is 0 Å². The zero-order valence-corrected chi connectivity index (χ0v) is 16.6. The first kappa shape index (κ1) is 19.8. The highest BCUT2D eigenvalue weighted by Crippen LogP contribution is 2.22. The Balaban J connectivity index is 1.50. The molecule has 0 aromatic heterocycles. The molecule has 6 nitrogen and oxygen atoms in total. The summed E-state index contributed by atoms with van der Waals surface area (Å²) in [6.45, 7) is 3.77. The Kier molecular flexibility index (Phi) is 6.49. The van der Waals surface area contributed by atoms with E-state index in [0.29, 0.717) is 19.0 Å². The van der Waals surface area contributed by atoms with E-state index < -0.39 is 10.0 Å². The number of morpholine rings is 1. The van der Waals surface area contributed by atoms with Gasteiger partial charge in [0.05, 0.1) is 17.6 Å². The van der Waals surface area contributed by atoms with Crippen molar-refractivity contribution in [1.29, 1.82) is 0 Å². The number of sulfonamides is 1. The third-order valence-electron chi connectivity index (χ3n) is 4.60. The van der Waals surface area contributed by atoms with E-state index in [1.54, 1.807) is 24.3 Å². The van der Waals surface area contributed by atoms with Crippen molar-refractivity contribution >= 4 is 10.0 Å². The highest BCUT2D eigenvalue weighted by Gasteiger charge is 2.21. The Morgan fingerprint density at radius 3 is 2.48 bits per heavy atom. The van der Waals surface area contributed by atoms with Crippen LogP contribution in [0.3, 0.4) is 0 Å². The summed E-state index contributed by atoms with van der Waals surface area (Å²) in [7, 11) is -0.371. The summed E-state index contributed by atoms with van der Waals surface area (Å²) >= 11 is 0. The van der Waals surface area contributed by atoms with Crippen LogP contribution in [0.1, 0.15) is 11.7 Å². The summed E-state index contributed by atoms with van der Waals surface area (Å²) in [5, 5.41) is 0. The Labute approximate surface area is 161 Å². The van der Waals surface area contributed by atoms with E-state index in [1.165, 1.54) is 24.0 Å². The van der Waals surface area contributed by atoms with Crippen LogP contribution in [0.15, 0.2) is 59.5 Å². The third kappa shape index (κ3) is 5.07. The predicted octanol–water partition coefficient (Wildman–Crippen LogP) is 2.39. The Bertz CT molecular complexity index is 823. The highest BCUT2D eigenvalue weighted by molar-refractivity contribution is 7.89. The van der Waals surface area contributed by atoms with Crippen LogP contribution in [0.4, 0.5) is 0 Å². The van der Waals surface area contributed by atoms with Gasteiger partial charge < -0.3 is 9.47 Å². The lowest BCUT2D eigenvalue weighted by atomic mass is 10.1. The Morgan fingerprint density at radius 2 is 1.81 bits per heavy atom. The van der Waals surface area contributed by atoms with Crippen LogP contribution in [0.5, 0.6) is 5.75 Å². The first-order valence-corrected chi connectivity index (χ1v) is 10.4. The molecule has 1 unspecified atom stereocenters. The van der Waals surface area contributed by atoms with Crippen LogP contribution in [-0.2, 0) is 14.8 Å². The van der Waals surface area contributed by atoms with Crippen LogP contribution in [0.2, 0.25) is 0 Å². The maximum absolute atomic E-state index is 12.1. The standard InChI is InChI=1S/C20H26N2O4S/c1-21(2)27(23,24)19-10-8-18(9-11-19)25-14-12-22-13-15-26-20(16-22)17-6-4-3-5-7-17/h3-11,20H,12-16H2,1-2H3. The average Bonchev–Trinajstić information content (AvgIpc) is 2.69. The van der Waals surface area contributed by atoms with Crippen LogP contribution in [-0.4, -0.2) is 64.6 Å². The lowest BCUT2D eigenvalue weighted by Gasteiger charge is -2.33. The quantitative estimate of drug-likeness (QED) is 0.727. The number of rotatable bonds is 7. The molecule has 1 atom stereocenters. The molecule has 27 heavy (non-hydrogen) atoms. The molecule has 0 bridgehead atoms. The Hall–Kier alpha value is -1.93. The SMILES string of the molecule is CN(C)S(=O)(=O)c1ccc(OCCN2CCOC(c3ccccc3)C2)cc1. The molecule has 0 spiro atoms. The number of benzene rings is 2. The fourth-order valence-corrected chi connectivity index (χ4v) is 3.89. The van der Waals surface area contributed by atoms with Crippen molar-refractivity contribution in [3.63, 3.8) is 0 Å². The molecule has 1 aliphatic rings. The topological polar surface area (TPSA) is 59.1 Å². The molecule has 1 saturated heterocycles. The molecule has 7 heteroatoms. The fourth-order valence-electron chi connectivity index (χ4n) is 2.99. The van der Waals surface area contributed by atoms with Crippen LogP contribution in [0.25, 0.3) is 0 Å². The van der Waals surface area contributed by atoms with Gasteiger partial charge in [0.1, 0.15) is 12.4 Å². The van der Waals surface area contributed by atoms with Gasteiger partial charge in [-0.1, -0.05) is 30.3 Å². The van der Waals surface area contributed by atoms with Crippen molar-refractivity contribution in [2.45, 2.75) is 11.0 Å². The van der Waals surface area contributed by atoms with Crippen LogP contribution >= 0.6 is 0 Å². The molecule has 0 amide bonds. The normalized spacial score (nSPS) is 18.6. The van der Waals surface area contributed by atoms with E-state index in [4.69, 9.17) is 9.47 Å². The second-order valence-corrected chi connectivity index (χ2v) is 8.83. The molecule has 2 aromatic carbocycles. The smallest absolute Gasteiger partial charge is 0.242 e. The summed E-state index contributed by atoms with van der Waals surface area (Å²) in [5.74, 6) is 0.667. The van der Waals surface area contributed by atoms with E-state index in [2.05, 4.69) is 17.0 Å². The number of nitrogens with zero attached hydrogens (tertiary/aromatic N) is 2. The third-order valence-corrected chi connectivity index (χ3v) is 6.43. The van der Waals surface area contributed by atoms with Crippen molar-refractivity contribution in [2.24, 2.45) is 0 Å². The minimum atomic E-state index is -3.41. The summed E-state index contributed by atoms with van der Waals surface area (Å²) in [4.78, 5) is 2.59. The van der Waals surface area contributed by atoms with Gasteiger partial charge in [-0.05, 0) is 29.8 Å². The molecule has 2 aromatic rings. The zero-order chi connectivity index (χ0) is 19.3. The second kappa shape index (κ2) is 8.84. The summed E-state index contributed by atoms with van der Waals surface area (Å²) < 4.78 is 37.0. The molecule has 0 saturated carbocycles. The maximum Gasteiger partial charge on any atom is 0.242 e. The van der Waals surface area contributed by atoms with E-state index >= 15 is 0 Å². The van der Waals surface area contributed by atoms with Crippen molar-refractivity contribution < 1.29 is 17.9 Å². The molecule has 146 valence electrons. The summed E-state index contributed by atoms with van der Waals surface area (Å²) in [6.07, 6.45) is 0.0930. The van der Waals surface area contributed by atoms with E-state index in [0.717, 1.165) is 19.6 Å². The molecule has 0 radical (unpaired) electrons. The van der Waals surface area contributed by atoms with Crippen molar-refractivity contribution in [2.75, 3.05) is 46.9 Å². The monoisotopic (exact) mass is 390 g/mol. The molecule has 1 aliphatic heterocycles. The number of ether oxygens (including phenoxy) is 2. The van der Waals surface area contributed by atoms with Crippen LogP contribution < -0.4 is 4.74 Å². The molecule has 3 rings (SSSR count). The van der Waals surface area contributed by atoms with Crippen molar-refractivity contribution in [3.05, 3.63) is 60.2 Å². The lowest BCUT2D eigenvalue weighted by molar-refractivity contribution is -0.0329. The molecule has 0 N–H and O–H groups in total. The van der Waals surface area contributed by atoms with Gasteiger partial charge in [0.15, 0.2) is 0 Å². The van der Waals surface area contributed by atoms with Gasteiger partial charge in [-0.25, -0.2) is 12.7 Å². The second-order valence-electron chi connectivity index (χ2n) is 6.68. The largest absolute Gasteiger partial charge is 0.492 e. The maximum atomic E-state index is 12.1. The molecule has 0 aliphatic carbocycles. The average molecular weight is 391 g/mol. The minimum absolute atomic E-state index is 0.0930. The first-order chi connectivity index (χ1) is 13.0. The molecule has 1 fully saturated rings. The summed E-state index contributed by atoms with van der Waals surface area (Å²) in [6, 6.07) is 16.8.